The van der Waals surface area contributed by atoms with Crippen molar-refractivity contribution in [3.05, 3.63) is 17.8 Å². The molecule has 88 valence electrons. The fourth-order valence-corrected chi connectivity index (χ4v) is 2.15. The fraction of sp³-hybridized carbons (Fsp3) is 0.538. The average molecular weight is 228 g/mol. The largest absolute Gasteiger partial charge is 0.396 e. The quantitative estimate of drug-likeness (QED) is 0.855. The maximum absolute atomic E-state index is 8.81. The third-order valence-corrected chi connectivity index (χ3v) is 3.44. The number of pyridine rings is 1. The van der Waals surface area contributed by atoms with Crippen LogP contribution < -0.4 is 10.6 Å². The average Bonchev–Trinajstić information content (AvgIpc) is 3.18. The van der Waals surface area contributed by atoms with Crippen molar-refractivity contribution in [2.45, 2.75) is 31.7 Å². The van der Waals surface area contributed by atoms with Crippen LogP contribution >= 0.6 is 0 Å². The highest BCUT2D eigenvalue weighted by Crippen LogP contribution is 2.38. The lowest BCUT2D eigenvalue weighted by Crippen LogP contribution is -2.29. The number of nitrogens with zero attached hydrogens (tertiary/aromatic N) is 3. The first kappa shape index (κ1) is 10.4. The minimum absolute atomic E-state index is 0.536. The number of rotatable bonds is 4. The predicted octanol–water partition coefficient (Wildman–Crippen LogP) is 1.91. The highest BCUT2D eigenvalue weighted by molar-refractivity contribution is 5.65. The van der Waals surface area contributed by atoms with E-state index in [9.17, 15) is 0 Å². The van der Waals surface area contributed by atoms with Gasteiger partial charge < -0.3 is 10.6 Å². The molecule has 1 aromatic heterocycles. The normalized spacial score (nSPS) is 18.8. The zero-order valence-electron chi connectivity index (χ0n) is 9.76. The van der Waals surface area contributed by atoms with Gasteiger partial charge in [0.25, 0.3) is 0 Å². The van der Waals surface area contributed by atoms with E-state index < -0.39 is 0 Å². The second-order valence-corrected chi connectivity index (χ2v) is 5.08. The lowest BCUT2D eigenvalue weighted by atomic mass is 10.2. The van der Waals surface area contributed by atoms with Crippen LogP contribution in [-0.2, 0) is 0 Å². The molecule has 0 spiro atoms. The van der Waals surface area contributed by atoms with E-state index in [2.05, 4.69) is 16.0 Å². The van der Waals surface area contributed by atoms with Gasteiger partial charge in [0.05, 0.1) is 11.3 Å². The number of hydrogen-bond acceptors (Lipinski definition) is 4. The molecule has 1 heterocycles. The Balaban J connectivity index is 1.86. The van der Waals surface area contributed by atoms with Crippen LogP contribution in [0.2, 0.25) is 0 Å². The fourth-order valence-electron chi connectivity index (χ4n) is 2.15. The molecule has 0 amide bonds. The van der Waals surface area contributed by atoms with E-state index >= 15 is 0 Å². The van der Waals surface area contributed by atoms with Gasteiger partial charge in [-0.1, -0.05) is 0 Å². The summed E-state index contributed by atoms with van der Waals surface area (Å²) in [5.41, 5.74) is 7.18. The monoisotopic (exact) mass is 228 g/mol. The Kier molecular flexibility index (Phi) is 2.40. The minimum atomic E-state index is 0.536. The van der Waals surface area contributed by atoms with Gasteiger partial charge in [-0.15, -0.1) is 0 Å². The number of hydrogen-bond donors (Lipinski definition) is 1. The van der Waals surface area contributed by atoms with Gasteiger partial charge in [0.1, 0.15) is 6.07 Å². The van der Waals surface area contributed by atoms with Crippen LogP contribution in [0.4, 0.5) is 11.5 Å². The van der Waals surface area contributed by atoms with Crippen molar-refractivity contribution in [3.63, 3.8) is 0 Å². The Morgan fingerprint density at radius 1 is 1.41 bits per heavy atom. The minimum Gasteiger partial charge on any atom is -0.396 e. The Labute approximate surface area is 101 Å². The summed E-state index contributed by atoms with van der Waals surface area (Å²) >= 11 is 0. The molecule has 0 aliphatic heterocycles. The van der Waals surface area contributed by atoms with Gasteiger partial charge in [-0.25, -0.2) is 4.98 Å². The molecule has 0 radical (unpaired) electrons. The molecule has 0 bridgehead atoms. The molecule has 0 unspecified atom stereocenters. The zero-order valence-corrected chi connectivity index (χ0v) is 9.76. The summed E-state index contributed by atoms with van der Waals surface area (Å²) in [6.45, 7) is 1.08. The third-order valence-electron chi connectivity index (χ3n) is 3.44. The maximum Gasteiger partial charge on any atom is 0.152 e. The molecule has 0 atom stereocenters. The number of nitriles is 1. The summed E-state index contributed by atoms with van der Waals surface area (Å²) in [7, 11) is 0. The topological polar surface area (TPSA) is 65.9 Å². The van der Waals surface area contributed by atoms with Gasteiger partial charge in [-0.05, 0) is 37.7 Å². The Morgan fingerprint density at radius 2 is 2.18 bits per heavy atom. The van der Waals surface area contributed by atoms with Gasteiger partial charge in [-0.3, -0.25) is 0 Å². The van der Waals surface area contributed by atoms with Crippen molar-refractivity contribution in [1.82, 2.24) is 4.98 Å². The summed E-state index contributed by atoms with van der Waals surface area (Å²) in [5.74, 6) is 1.70. The molecule has 2 aliphatic rings. The molecule has 2 N–H and O–H groups in total. The molecule has 3 rings (SSSR count). The van der Waals surface area contributed by atoms with Gasteiger partial charge in [0.15, 0.2) is 5.82 Å². The van der Waals surface area contributed by atoms with Crippen LogP contribution in [0.1, 0.15) is 31.2 Å². The predicted molar refractivity (Wildman–Crippen MR) is 66.5 cm³/mol. The zero-order chi connectivity index (χ0) is 11.8. The van der Waals surface area contributed by atoms with Crippen molar-refractivity contribution in [3.8, 4) is 6.07 Å². The number of anilines is 2. The molecule has 1 aromatic rings. The Bertz CT molecular complexity index is 469. The van der Waals surface area contributed by atoms with Gasteiger partial charge in [-0.2, -0.15) is 5.26 Å². The number of nitrogen functional groups attached to an aromatic ring is 1. The van der Waals surface area contributed by atoms with Gasteiger partial charge in [0, 0.05) is 18.8 Å². The first-order valence-electron chi connectivity index (χ1n) is 6.20. The van der Waals surface area contributed by atoms with E-state index in [0.717, 1.165) is 18.3 Å². The molecule has 0 saturated heterocycles. The second kappa shape index (κ2) is 3.92. The van der Waals surface area contributed by atoms with E-state index in [1.807, 2.05) is 0 Å². The van der Waals surface area contributed by atoms with Crippen LogP contribution in [0.3, 0.4) is 0 Å². The van der Waals surface area contributed by atoms with Gasteiger partial charge in [0.2, 0.25) is 0 Å². The van der Waals surface area contributed by atoms with Gasteiger partial charge >= 0.3 is 0 Å². The summed E-state index contributed by atoms with van der Waals surface area (Å²) in [5, 5.41) is 8.81. The molecule has 4 nitrogen and oxygen atoms in total. The Hall–Kier alpha value is -1.76. The molecule has 4 heteroatoms. The van der Waals surface area contributed by atoms with Crippen LogP contribution in [0.5, 0.6) is 0 Å². The Morgan fingerprint density at radius 3 is 2.71 bits per heavy atom. The molecule has 17 heavy (non-hydrogen) atoms. The van der Waals surface area contributed by atoms with E-state index in [1.54, 1.807) is 12.3 Å². The van der Waals surface area contributed by atoms with Crippen molar-refractivity contribution in [2.75, 3.05) is 17.2 Å². The molecular weight excluding hydrogens is 212 g/mol. The van der Waals surface area contributed by atoms with Crippen molar-refractivity contribution in [1.29, 1.82) is 5.26 Å². The van der Waals surface area contributed by atoms with E-state index in [-0.39, 0.29) is 0 Å². The van der Waals surface area contributed by atoms with Crippen molar-refractivity contribution < 1.29 is 0 Å². The standard InChI is InChI=1S/C13H16N4/c14-6-10-5-12(15)13(16-7-10)17(11-3-4-11)8-9-1-2-9/h5,7,9,11H,1-4,8,15H2. The number of aromatic nitrogens is 1. The summed E-state index contributed by atoms with van der Waals surface area (Å²) < 4.78 is 0. The molecular formula is C13H16N4. The lowest BCUT2D eigenvalue weighted by Gasteiger charge is -2.24. The first-order chi connectivity index (χ1) is 8.28. The van der Waals surface area contributed by atoms with Crippen molar-refractivity contribution >= 4 is 11.5 Å². The van der Waals surface area contributed by atoms with Crippen LogP contribution in [-0.4, -0.2) is 17.6 Å². The van der Waals surface area contributed by atoms with Crippen molar-refractivity contribution in [2.24, 2.45) is 5.92 Å². The van der Waals surface area contributed by atoms with Crippen LogP contribution in [0, 0.1) is 17.2 Å². The summed E-state index contributed by atoms with van der Waals surface area (Å²) in [6, 6.07) is 4.42. The van der Waals surface area contributed by atoms with E-state index in [0.29, 0.717) is 17.3 Å². The van der Waals surface area contributed by atoms with Crippen LogP contribution in [0.15, 0.2) is 12.3 Å². The maximum atomic E-state index is 8.81. The first-order valence-corrected chi connectivity index (χ1v) is 6.20. The summed E-state index contributed by atoms with van der Waals surface area (Å²) in [6.07, 6.45) is 6.77. The lowest BCUT2D eigenvalue weighted by molar-refractivity contribution is 0.710. The molecule has 2 fully saturated rings. The molecule has 2 saturated carbocycles. The van der Waals surface area contributed by atoms with Crippen LogP contribution in [0.25, 0.3) is 0 Å². The van der Waals surface area contributed by atoms with E-state index in [4.69, 9.17) is 11.0 Å². The smallest absolute Gasteiger partial charge is 0.152 e. The van der Waals surface area contributed by atoms with E-state index in [1.165, 1.54) is 25.7 Å². The highest BCUT2D eigenvalue weighted by atomic mass is 15.2. The number of nitrogens with two attached hydrogens (primary N) is 1. The molecule has 0 aromatic carbocycles. The highest BCUT2D eigenvalue weighted by Gasteiger charge is 2.35. The summed E-state index contributed by atoms with van der Waals surface area (Å²) in [4.78, 5) is 6.71. The molecule has 2 aliphatic carbocycles. The third kappa shape index (κ3) is 2.19. The SMILES string of the molecule is N#Cc1cnc(N(CC2CC2)C2CC2)c(N)c1. The second-order valence-electron chi connectivity index (χ2n) is 5.08.